The number of morpholine rings is 1. The van der Waals surface area contributed by atoms with Crippen molar-refractivity contribution in [1.82, 2.24) is 9.88 Å². The van der Waals surface area contributed by atoms with E-state index in [1.165, 1.54) is 5.56 Å². The third kappa shape index (κ3) is 4.56. The molecule has 0 atom stereocenters. The first-order chi connectivity index (χ1) is 14.5. The molecule has 0 bridgehead atoms. The topological polar surface area (TPSA) is 45.7 Å². The van der Waals surface area contributed by atoms with Crippen LogP contribution in [0.5, 0.6) is 0 Å². The molecule has 1 aromatic heterocycles. The quantitative estimate of drug-likeness (QED) is 0.582. The Morgan fingerprint density at radius 3 is 2.63 bits per heavy atom. The van der Waals surface area contributed by atoms with Gasteiger partial charge in [0, 0.05) is 31.7 Å². The maximum atomic E-state index is 13.5. The summed E-state index contributed by atoms with van der Waals surface area (Å²) in [4.78, 5) is 22.6. The molecule has 0 radical (unpaired) electrons. The highest BCUT2D eigenvalue weighted by molar-refractivity contribution is 7.22. The minimum atomic E-state index is 0.0248. The fourth-order valence-corrected chi connectivity index (χ4v) is 4.85. The summed E-state index contributed by atoms with van der Waals surface area (Å²) in [6.07, 6.45) is 0.908. The lowest BCUT2D eigenvalue weighted by Crippen LogP contribution is -2.39. The summed E-state index contributed by atoms with van der Waals surface area (Å²) in [5.41, 5.74) is 5.18. The van der Waals surface area contributed by atoms with Crippen molar-refractivity contribution in [2.75, 3.05) is 44.3 Å². The third-order valence-electron chi connectivity index (χ3n) is 5.80. The van der Waals surface area contributed by atoms with Crippen LogP contribution in [0.4, 0.5) is 5.13 Å². The van der Waals surface area contributed by atoms with Gasteiger partial charge in [0.2, 0.25) is 0 Å². The summed E-state index contributed by atoms with van der Waals surface area (Å²) in [5.74, 6) is 0.0248. The Kier molecular flexibility index (Phi) is 6.46. The van der Waals surface area contributed by atoms with Crippen molar-refractivity contribution >= 4 is 32.6 Å². The number of ether oxygens (including phenoxy) is 1. The van der Waals surface area contributed by atoms with Gasteiger partial charge in [0.05, 0.1) is 23.4 Å². The zero-order chi connectivity index (χ0) is 21.1. The third-order valence-corrected chi connectivity index (χ3v) is 6.84. The molecular weight excluding hydrogens is 394 g/mol. The van der Waals surface area contributed by atoms with Crippen LogP contribution in [-0.4, -0.2) is 55.2 Å². The first kappa shape index (κ1) is 21.0. The number of aromatic nitrogens is 1. The molecule has 0 spiro atoms. The van der Waals surface area contributed by atoms with Crippen LogP contribution in [0.15, 0.2) is 36.4 Å². The number of nitrogens with zero attached hydrogens (tertiary/aromatic N) is 3. The van der Waals surface area contributed by atoms with Crippen LogP contribution in [0.2, 0.25) is 0 Å². The number of carbonyl (C=O) groups is 1. The van der Waals surface area contributed by atoms with Gasteiger partial charge in [0.15, 0.2) is 5.13 Å². The number of carbonyl (C=O) groups excluding carboxylic acids is 1. The number of amides is 1. The number of rotatable bonds is 6. The summed E-state index contributed by atoms with van der Waals surface area (Å²) in [7, 11) is 0. The van der Waals surface area contributed by atoms with Gasteiger partial charge in [-0.05, 0) is 62.1 Å². The average Bonchev–Trinajstić information content (AvgIpc) is 3.19. The van der Waals surface area contributed by atoms with Gasteiger partial charge in [-0.25, -0.2) is 4.98 Å². The van der Waals surface area contributed by atoms with Crippen molar-refractivity contribution in [3.63, 3.8) is 0 Å². The molecule has 2 heterocycles. The lowest BCUT2D eigenvalue weighted by atomic mass is 10.1. The van der Waals surface area contributed by atoms with Crippen LogP contribution in [0.25, 0.3) is 10.2 Å². The molecule has 1 aliphatic rings. The molecule has 30 heavy (non-hydrogen) atoms. The number of thiazole rings is 1. The number of hydrogen-bond donors (Lipinski definition) is 0. The lowest BCUT2D eigenvalue weighted by Gasteiger charge is -2.27. The van der Waals surface area contributed by atoms with E-state index < -0.39 is 0 Å². The molecule has 0 unspecified atom stereocenters. The first-order valence-corrected chi connectivity index (χ1v) is 11.4. The van der Waals surface area contributed by atoms with E-state index >= 15 is 0 Å². The number of aryl methyl sites for hydroxylation is 3. The predicted octanol–water partition coefficient (Wildman–Crippen LogP) is 4.59. The largest absolute Gasteiger partial charge is 0.379 e. The van der Waals surface area contributed by atoms with Gasteiger partial charge in [-0.1, -0.05) is 29.5 Å². The van der Waals surface area contributed by atoms with Gasteiger partial charge in [-0.3, -0.25) is 14.6 Å². The Bertz CT molecular complexity index is 1040. The molecule has 1 fully saturated rings. The van der Waals surface area contributed by atoms with Crippen molar-refractivity contribution in [2.24, 2.45) is 0 Å². The Labute approximate surface area is 182 Å². The van der Waals surface area contributed by atoms with Crippen molar-refractivity contribution in [2.45, 2.75) is 27.2 Å². The van der Waals surface area contributed by atoms with Gasteiger partial charge in [0.1, 0.15) is 0 Å². The highest BCUT2D eigenvalue weighted by Crippen LogP contribution is 2.31. The predicted molar refractivity (Wildman–Crippen MR) is 124 cm³/mol. The fourth-order valence-electron chi connectivity index (χ4n) is 3.78. The maximum Gasteiger partial charge on any atom is 0.260 e. The molecule has 1 saturated heterocycles. The second kappa shape index (κ2) is 9.25. The van der Waals surface area contributed by atoms with E-state index in [0.29, 0.717) is 6.54 Å². The average molecular weight is 424 g/mol. The van der Waals surface area contributed by atoms with Crippen LogP contribution < -0.4 is 4.90 Å². The monoisotopic (exact) mass is 423 g/mol. The van der Waals surface area contributed by atoms with E-state index in [1.54, 1.807) is 11.3 Å². The Morgan fingerprint density at radius 2 is 1.90 bits per heavy atom. The van der Waals surface area contributed by atoms with E-state index in [4.69, 9.17) is 9.72 Å². The maximum absolute atomic E-state index is 13.5. The van der Waals surface area contributed by atoms with Gasteiger partial charge in [0.25, 0.3) is 5.91 Å². The molecule has 1 amide bonds. The number of para-hydroxylation sites is 1. The Balaban J connectivity index is 1.59. The highest BCUT2D eigenvalue weighted by atomic mass is 32.1. The van der Waals surface area contributed by atoms with Gasteiger partial charge >= 0.3 is 0 Å². The molecule has 0 N–H and O–H groups in total. The van der Waals surface area contributed by atoms with Crippen LogP contribution in [-0.2, 0) is 4.74 Å². The molecule has 5 nitrogen and oxygen atoms in total. The van der Waals surface area contributed by atoms with E-state index in [1.807, 2.05) is 29.2 Å². The number of benzene rings is 2. The van der Waals surface area contributed by atoms with Crippen LogP contribution in [0.3, 0.4) is 0 Å². The summed E-state index contributed by atoms with van der Waals surface area (Å²) in [5, 5.41) is 0.782. The second-order valence-electron chi connectivity index (χ2n) is 7.98. The SMILES string of the molecule is Cc1ccc(C(=O)N(CCCN2CCOCC2)c2nc3c(C)cccc3s2)cc1C. The minimum Gasteiger partial charge on any atom is -0.379 e. The summed E-state index contributed by atoms with van der Waals surface area (Å²) in [6, 6.07) is 12.1. The number of fused-ring (bicyclic) bond motifs is 1. The van der Waals surface area contributed by atoms with E-state index in [0.717, 1.165) is 71.3 Å². The Morgan fingerprint density at radius 1 is 1.10 bits per heavy atom. The van der Waals surface area contributed by atoms with Crippen LogP contribution >= 0.6 is 11.3 Å². The van der Waals surface area contributed by atoms with Crippen molar-refractivity contribution in [1.29, 1.82) is 0 Å². The molecule has 158 valence electrons. The van der Waals surface area contributed by atoms with Crippen molar-refractivity contribution < 1.29 is 9.53 Å². The molecule has 0 aliphatic carbocycles. The number of hydrogen-bond acceptors (Lipinski definition) is 5. The van der Waals surface area contributed by atoms with Gasteiger partial charge < -0.3 is 4.74 Å². The normalized spacial score (nSPS) is 14.9. The molecule has 6 heteroatoms. The smallest absolute Gasteiger partial charge is 0.260 e. The minimum absolute atomic E-state index is 0.0248. The zero-order valence-electron chi connectivity index (χ0n) is 18.0. The summed E-state index contributed by atoms with van der Waals surface area (Å²) >= 11 is 1.60. The highest BCUT2D eigenvalue weighted by Gasteiger charge is 2.22. The molecule has 1 aliphatic heterocycles. The second-order valence-corrected chi connectivity index (χ2v) is 8.99. The standard InChI is InChI=1S/C24H29N3O2S/c1-17-8-9-20(16-19(17)3)23(28)27(11-5-10-26-12-14-29-15-13-26)24-25-22-18(2)6-4-7-21(22)30-24/h4,6-9,16H,5,10-15H2,1-3H3. The van der Waals surface area contributed by atoms with Crippen LogP contribution in [0.1, 0.15) is 33.5 Å². The molecule has 4 rings (SSSR count). The van der Waals surface area contributed by atoms with E-state index in [9.17, 15) is 4.79 Å². The van der Waals surface area contributed by atoms with Gasteiger partial charge in [-0.2, -0.15) is 0 Å². The Hall–Kier alpha value is -2.28. The first-order valence-electron chi connectivity index (χ1n) is 10.6. The molecule has 0 saturated carbocycles. The molecule has 2 aromatic carbocycles. The van der Waals surface area contributed by atoms with Gasteiger partial charge in [-0.15, -0.1) is 0 Å². The number of anilines is 1. The molecular formula is C24H29N3O2S. The van der Waals surface area contributed by atoms with E-state index in [-0.39, 0.29) is 5.91 Å². The van der Waals surface area contributed by atoms with Crippen molar-refractivity contribution in [3.05, 3.63) is 58.7 Å². The molecule has 3 aromatic rings. The van der Waals surface area contributed by atoms with Crippen molar-refractivity contribution in [3.8, 4) is 0 Å². The lowest BCUT2D eigenvalue weighted by molar-refractivity contribution is 0.0376. The fraction of sp³-hybridized carbons (Fsp3) is 0.417. The zero-order valence-corrected chi connectivity index (χ0v) is 18.8. The van der Waals surface area contributed by atoms with Crippen LogP contribution in [0, 0.1) is 20.8 Å². The van der Waals surface area contributed by atoms with E-state index in [2.05, 4.69) is 37.8 Å². The summed E-state index contributed by atoms with van der Waals surface area (Å²) in [6.45, 7) is 11.3. The summed E-state index contributed by atoms with van der Waals surface area (Å²) < 4.78 is 6.57.